The molecule has 2 N–H and O–H groups in total. The molecule has 1 saturated heterocycles. The van der Waals surface area contributed by atoms with Crippen LogP contribution in [0.2, 0.25) is 0 Å². The van der Waals surface area contributed by atoms with Crippen LogP contribution in [0.4, 0.5) is 11.8 Å². The molecule has 2 heterocycles. The zero-order valence-corrected chi connectivity index (χ0v) is 11.5. The summed E-state index contributed by atoms with van der Waals surface area (Å²) in [5, 5.41) is 0. The summed E-state index contributed by atoms with van der Waals surface area (Å²) in [5.41, 5.74) is 5.81. The number of rotatable bonds is 2. The number of nitrogens with zero attached hydrogens (tertiary/aromatic N) is 4. The first-order valence-corrected chi connectivity index (χ1v) is 6.07. The number of hydrogen-bond acceptors (Lipinski definition) is 6. The molecule has 0 spiro atoms. The van der Waals surface area contributed by atoms with Crippen LogP contribution >= 0.6 is 0 Å². The fourth-order valence-electron chi connectivity index (χ4n) is 2.13. The van der Waals surface area contributed by atoms with Gasteiger partial charge in [0, 0.05) is 31.2 Å². The number of likely N-dealkylation sites (N-methyl/N-ethyl adjacent to an activating group) is 1. The largest absolute Gasteiger partial charge is 0.481 e. The van der Waals surface area contributed by atoms with Gasteiger partial charge in [0.15, 0.2) is 0 Å². The Morgan fingerprint density at radius 1 is 1.33 bits per heavy atom. The van der Waals surface area contributed by atoms with Crippen molar-refractivity contribution in [2.75, 3.05) is 44.4 Å². The van der Waals surface area contributed by atoms with E-state index >= 15 is 0 Å². The number of nitrogens with two attached hydrogens (primary N) is 1. The summed E-state index contributed by atoms with van der Waals surface area (Å²) in [5.74, 6) is 1.59. The normalized spacial score (nSPS) is 19.9. The molecule has 2 rings (SSSR count). The molecule has 1 fully saturated rings. The molecular formula is C12H21N5O. The Kier molecular flexibility index (Phi) is 3.30. The van der Waals surface area contributed by atoms with Crippen LogP contribution in [-0.2, 0) is 0 Å². The molecule has 0 radical (unpaired) electrons. The van der Waals surface area contributed by atoms with Crippen molar-refractivity contribution in [3.05, 3.63) is 6.07 Å². The Morgan fingerprint density at radius 3 is 2.67 bits per heavy atom. The highest BCUT2D eigenvalue weighted by Gasteiger charge is 2.31. The minimum absolute atomic E-state index is 0.116. The lowest BCUT2D eigenvalue weighted by Gasteiger charge is -2.45. The first-order valence-electron chi connectivity index (χ1n) is 6.07. The third kappa shape index (κ3) is 2.48. The molecule has 1 aliphatic rings. The monoisotopic (exact) mass is 251 g/mol. The molecule has 0 aliphatic carbocycles. The van der Waals surface area contributed by atoms with Gasteiger partial charge in [-0.3, -0.25) is 4.90 Å². The van der Waals surface area contributed by atoms with Crippen LogP contribution in [0.3, 0.4) is 0 Å². The first-order chi connectivity index (χ1) is 8.42. The highest BCUT2D eigenvalue weighted by atomic mass is 16.5. The average molecular weight is 251 g/mol. The Labute approximate surface area is 108 Å². The van der Waals surface area contributed by atoms with Gasteiger partial charge in [-0.25, -0.2) is 0 Å². The SMILES string of the molecule is COc1cc(N2CCN(C)C(C)(C)C2)nc(N)n1. The van der Waals surface area contributed by atoms with Crippen LogP contribution in [0.1, 0.15) is 13.8 Å². The number of piperazine rings is 1. The lowest BCUT2D eigenvalue weighted by Crippen LogP contribution is -2.57. The summed E-state index contributed by atoms with van der Waals surface area (Å²) < 4.78 is 5.13. The number of methoxy groups -OCH3 is 1. The van der Waals surface area contributed by atoms with Gasteiger partial charge in [0.2, 0.25) is 11.8 Å². The van der Waals surface area contributed by atoms with Crippen LogP contribution in [0.5, 0.6) is 5.88 Å². The molecular weight excluding hydrogens is 230 g/mol. The second kappa shape index (κ2) is 4.61. The second-order valence-electron chi connectivity index (χ2n) is 5.28. The smallest absolute Gasteiger partial charge is 0.225 e. The maximum Gasteiger partial charge on any atom is 0.225 e. The molecule has 0 amide bonds. The average Bonchev–Trinajstić information content (AvgIpc) is 2.31. The van der Waals surface area contributed by atoms with Crippen molar-refractivity contribution in [3.63, 3.8) is 0 Å². The maximum atomic E-state index is 5.70. The summed E-state index contributed by atoms with van der Waals surface area (Å²) >= 11 is 0. The Balaban J connectivity index is 2.24. The molecule has 0 bridgehead atoms. The predicted octanol–water partition coefficient (Wildman–Crippen LogP) is 0.598. The van der Waals surface area contributed by atoms with E-state index in [1.54, 1.807) is 7.11 Å². The highest BCUT2D eigenvalue weighted by Crippen LogP contribution is 2.25. The zero-order chi connectivity index (χ0) is 13.3. The summed E-state index contributed by atoms with van der Waals surface area (Å²) in [6.07, 6.45) is 0. The predicted molar refractivity (Wildman–Crippen MR) is 71.9 cm³/mol. The molecule has 0 atom stereocenters. The summed E-state index contributed by atoms with van der Waals surface area (Å²) in [4.78, 5) is 12.9. The van der Waals surface area contributed by atoms with E-state index in [4.69, 9.17) is 10.5 Å². The Morgan fingerprint density at radius 2 is 2.06 bits per heavy atom. The van der Waals surface area contributed by atoms with Crippen molar-refractivity contribution < 1.29 is 4.74 Å². The molecule has 100 valence electrons. The van der Waals surface area contributed by atoms with Crippen molar-refractivity contribution >= 4 is 11.8 Å². The Bertz CT molecular complexity index is 434. The van der Waals surface area contributed by atoms with Crippen LogP contribution in [0.15, 0.2) is 6.07 Å². The third-order valence-corrected chi connectivity index (χ3v) is 3.56. The van der Waals surface area contributed by atoms with E-state index in [1.165, 1.54) is 0 Å². The van der Waals surface area contributed by atoms with Crippen molar-refractivity contribution in [2.24, 2.45) is 0 Å². The molecule has 0 saturated carbocycles. The molecule has 0 aromatic carbocycles. The number of nitrogen functional groups attached to an aromatic ring is 1. The molecule has 1 aromatic heterocycles. The van der Waals surface area contributed by atoms with Crippen LogP contribution < -0.4 is 15.4 Å². The number of aromatic nitrogens is 2. The van der Waals surface area contributed by atoms with Gasteiger partial charge in [-0.05, 0) is 20.9 Å². The molecule has 1 aromatic rings. The van der Waals surface area contributed by atoms with Crippen LogP contribution in [0, 0.1) is 0 Å². The maximum absolute atomic E-state index is 5.70. The fraction of sp³-hybridized carbons (Fsp3) is 0.667. The van der Waals surface area contributed by atoms with Gasteiger partial charge in [0.05, 0.1) is 7.11 Å². The summed E-state index contributed by atoms with van der Waals surface area (Å²) in [6.45, 7) is 7.28. The highest BCUT2D eigenvalue weighted by molar-refractivity contribution is 5.46. The minimum Gasteiger partial charge on any atom is -0.481 e. The molecule has 6 heteroatoms. The topological polar surface area (TPSA) is 67.5 Å². The van der Waals surface area contributed by atoms with Gasteiger partial charge < -0.3 is 15.4 Å². The fourth-order valence-corrected chi connectivity index (χ4v) is 2.13. The Hall–Kier alpha value is -1.56. The van der Waals surface area contributed by atoms with Crippen LogP contribution in [-0.4, -0.2) is 54.2 Å². The van der Waals surface area contributed by atoms with Gasteiger partial charge in [0.1, 0.15) is 5.82 Å². The molecule has 18 heavy (non-hydrogen) atoms. The van der Waals surface area contributed by atoms with E-state index in [0.29, 0.717) is 5.88 Å². The van der Waals surface area contributed by atoms with Gasteiger partial charge >= 0.3 is 0 Å². The summed E-state index contributed by atoms with van der Waals surface area (Å²) in [7, 11) is 3.73. The second-order valence-corrected chi connectivity index (χ2v) is 5.28. The minimum atomic E-state index is 0.116. The van der Waals surface area contributed by atoms with Gasteiger partial charge in [-0.1, -0.05) is 0 Å². The van der Waals surface area contributed by atoms with E-state index in [0.717, 1.165) is 25.5 Å². The summed E-state index contributed by atoms with van der Waals surface area (Å²) in [6, 6.07) is 1.83. The zero-order valence-electron chi connectivity index (χ0n) is 11.5. The standard InChI is InChI=1S/C12H21N5O/c1-12(2)8-17(6-5-16(12)3)9-7-10(18-4)15-11(13)14-9/h7H,5-6,8H2,1-4H3,(H2,13,14,15). The van der Waals surface area contributed by atoms with Crippen molar-refractivity contribution in [3.8, 4) is 5.88 Å². The van der Waals surface area contributed by atoms with Gasteiger partial charge in [0.25, 0.3) is 0 Å². The van der Waals surface area contributed by atoms with Gasteiger partial charge in [-0.2, -0.15) is 9.97 Å². The quantitative estimate of drug-likeness (QED) is 0.830. The molecule has 0 unspecified atom stereocenters. The van der Waals surface area contributed by atoms with E-state index in [1.807, 2.05) is 6.07 Å². The molecule has 1 aliphatic heterocycles. The third-order valence-electron chi connectivity index (χ3n) is 3.56. The van der Waals surface area contributed by atoms with Crippen molar-refractivity contribution in [1.29, 1.82) is 0 Å². The number of ether oxygens (including phenoxy) is 1. The number of hydrogen-bond donors (Lipinski definition) is 1. The first kappa shape index (κ1) is 12.9. The van der Waals surface area contributed by atoms with E-state index in [9.17, 15) is 0 Å². The van der Waals surface area contributed by atoms with E-state index in [-0.39, 0.29) is 11.5 Å². The molecule has 6 nitrogen and oxygen atoms in total. The van der Waals surface area contributed by atoms with E-state index < -0.39 is 0 Å². The lowest BCUT2D eigenvalue weighted by atomic mass is 10.00. The number of anilines is 2. The van der Waals surface area contributed by atoms with Gasteiger partial charge in [-0.15, -0.1) is 0 Å². The van der Waals surface area contributed by atoms with E-state index in [2.05, 4.69) is 40.7 Å². The van der Waals surface area contributed by atoms with Crippen molar-refractivity contribution in [2.45, 2.75) is 19.4 Å². The van der Waals surface area contributed by atoms with Crippen molar-refractivity contribution in [1.82, 2.24) is 14.9 Å². The van der Waals surface area contributed by atoms with Crippen LogP contribution in [0.25, 0.3) is 0 Å². The lowest BCUT2D eigenvalue weighted by molar-refractivity contribution is 0.138.